The Morgan fingerprint density at radius 1 is 1.38 bits per heavy atom. The minimum Gasteiger partial charge on any atom is -0.357 e. The van der Waals surface area contributed by atoms with Crippen LogP contribution in [0.3, 0.4) is 0 Å². The van der Waals surface area contributed by atoms with Crippen molar-refractivity contribution in [2.75, 3.05) is 13.1 Å². The van der Waals surface area contributed by atoms with Crippen molar-refractivity contribution in [1.82, 2.24) is 10.6 Å². The molecule has 3 nitrogen and oxygen atoms in total. The van der Waals surface area contributed by atoms with E-state index >= 15 is 0 Å². The van der Waals surface area contributed by atoms with Gasteiger partial charge in [-0.05, 0) is 39.5 Å². The van der Waals surface area contributed by atoms with Gasteiger partial charge in [0.15, 0.2) is 5.96 Å². The Balaban J connectivity index is 0.00000225. The molecule has 0 atom stereocenters. The zero-order valence-electron chi connectivity index (χ0n) is 10.8. The largest absolute Gasteiger partial charge is 0.357 e. The lowest BCUT2D eigenvalue weighted by atomic mass is 10.2. The molecule has 16 heavy (non-hydrogen) atoms. The van der Waals surface area contributed by atoms with E-state index < -0.39 is 0 Å². The van der Waals surface area contributed by atoms with Crippen molar-refractivity contribution in [1.29, 1.82) is 0 Å². The normalized spacial score (nSPS) is 15.9. The third-order valence-corrected chi connectivity index (χ3v) is 2.51. The topological polar surface area (TPSA) is 36.4 Å². The zero-order chi connectivity index (χ0) is 11.1. The summed E-state index contributed by atoms with van der Waals surface area (Å²) >= 11 is 0. The molecule has 1 saturated carbocycles. The monoisotopic (exact) mass is 339 g/mol. The molecule has 1 fully saturated rings. The highest BCUT2D eigenvalue weighted by Crippen LogP contribution is 2.33. The van der Waals surface area contributed by atoms with Gasteiger partial charge in [-0.15, -0.1) is 24.0 Å². The molecule has 4 heteroatoms. The van der Waals surface area contributed by atoms with Crippen LogP contribution in [0.15, 0.2) is 4.99 Å². The summed E-state index contributed by atoms with van der Waals surface area (Å²) in [5.41, 5.74) is 0. The molecule has 2 N–H and O–H groups in total. The van der Waals surface area contributed by atoms with Crippen LogP contribution in [0.1, 0.15) is 46.5 Å². The van der Waals surface area contributed by atoms with Crippen LogP contribution in [-0.4, -0.2) is 25.1 Å². The van der Waals surface area contributed by atoms with E-state index in [1.807, 2.05) is 0 Å². The van der Waals surface area contributed by atoms with Crippen molar-refractivity contribution in [3.05, 3.63) is 0 Å². The third-order valence-electron chi connectivity index (χ3n) is 2.51. The average Bonchev–Trinajstić information content (AvgIpc) is 2.95. The van der Waals surface area contributed by atoms with Gasteiger partial charge in [0.1, 0.15) is 0 Å². The molecule has 0 amide bonds. The maximum Gasteiger partial charge on any atom is 0.191 e. The fourth-order valence-electron chi connectivity index (χ4n) is 1.57. The summed E-state index contributed by atoms with van der Waals surface area (Å²) in [5, 5.41) is 6.58. The first-order chi connectivity index (χ1) is 7.22. The maximum atomic E-state index is 4.55. The standard InChI is InChI=1S/C12H25N3.HI/c1-4-13-12(15-10(2)3)14-9-5-6-11-7-8-11;/h10-11H,4-9H2,1-3H3,(H2,13,14,15);1H. The third kappa shape index (κ3) is 8.19. The molecule has 0 aromatic carbocycles. The van der Waals surface area contributed by atoms with Crippen molar-refractivity contribution in [3.8, 4) is 0 Å². The highest BCUT2D eigenvalue weighted by molar-refractivity contribution is 14.0. The number of halogens is 1. The van der Waals surface area contributed by atoms with E-state index in [0.717, 1.165) is 25.0 Å². The van der Waals surface area contributed by atoms with Crippen LogP contribution in [0.25, 0.3) is 0 Å². The molecule has 1 aliphatic rings. The molecule has 0 aliphatic heterocycles. The first-order valence-electron chi connectivity index (χ1n) is 6.27. The summed E-state index contributed by atoms with van der Waals surface area (Å²) in [6, 6.07) is 0.450. The van der Waals surface area contributed by atoms with E-state index in [-0.39, 0.29) is 24.0 Å². The van der Waals surface area contributed by atoms with Gasteiger partial charge in [-0.3, -0.25) is 4.99 Å². The van der Waals surface area contributed by atoms with E-state index in [1.165, 1.54) is 25.7 Å². The second-order valence-electron chi connectivity index (χ2n) is 4.65. The van der Waals surface area contributed by atoms with Gasteiger partial charge in [0.2, 0.25) is 0 Å². The van der Waals surface area contributed by atoms with Gasteiger partial charge in [0.05, 0.1) is 0 Å². The van der Waals surface area contributed by atoms with Crippen molar-refractivity contribution in [2.24, 2.45) is 10.9 Å². The number of guanidine groups is 1. The Hall–Kier alpha value is 0. The lowest BCUT2D eigenvalue weighted by molar-refractivity contribution is 0.661. The van der Waals surface area contributed by atoms with Gasteiger partial charge < -0.3 is 10.6 Å². The molecule has 0 aromatic rings. The first kappa shape index (κ1) is 16.0. The molecule has 0 radical (unpaired) electrons. The number of rotatable bonds is 6. The van der Waals surface area contributed by atoms with Gasteiger partial charge in [0, 0.05) is 19.1 Å². The van der Waals surface area contributed by atoms with Crippen molar-refractivity contribution in [2.45, 2.75) is 52.5 Å². The SMILES string of the molecule is CCNC(=NCCCC1CC1)NC(C)C.I. The Labute approximate surface area is 117 Å². The minimum absolute atomic E-state index is 0. The molecular weight excluding hydrogens is 313 g/mol. The Bertz CT molecular complexity index is 200. The number of hydrogen-bond acceptors (Lipinski definition) is 1. The van der Waals surface area contributed by atoms with Crippen LogP contribution >= 0.6 is 24.0 Å². The number of nitrogens with one attached hydrogen (secondary N) is 2. The summed E-state index contributed by atoms with van der Waals surface area (Å²) in [6.45, 7) is 8.26. The fourth-order valence-corrected chi connectivity index (χ4v) is 1.57. The van der Waals surface area contributed by atoms with Crippen LogP contribution < -0.4 is 10.6 Å². The summed E-state index contributed by atoms with van der Waals surface area (Å²) in [5.74, 6) is 1.99. The molecule has 0 unspecified atom stereocenters. The maximum absolute atomic E-state index is 4.55. The van der Waals surface area contributed by atoms with Crippen molar-refractivity contribution < 1.29 is 0 Å². The number of nitrogens with zero attached hydrogens (tertiary/aromatic N) is 1. The van der Waals surface area contributed by atoms with E-state index in [0.29, 0.717) is 6.04 Å². The Morgan fingerprint density at radius 3 is 2.56 bits per heavy atom. The van der Waals surface area contributed by atoms with Crippen molar-refractivity contribution >= 4 is 29.9 Å². The summed E-state index contributed by atoms with van der Waals surface area (Å²) in [4.78, 5) is 4.55. The lowest BCUT2D eigenvalue weighted by Gasteiger charge is -2.13. The van der Waals surface area contributed by atoms with E-state index in [2.05, 4.69) is 36.4 Å². The second-order valence-corrected chi connectivity index (χ2v) is 4.65. The predicted molar refractivity (Wildman–Crippen MR) is 81.6 cm³/mol. The summed E-state index contributed by atoms with van der Waals surface area (Å²) < 4.78 is 0. The van der Waals surface area contributed by atoms with Gasteiger partial charge in [-0.1, -0.05) is 12.8 Å². The quantitative estimate of drug-likeness (QED) is 0.338. The van der Waals surface area contributed by atoms with Gasteiger partial charge in [-0.2, -0.15) is 0 Å². The smallest absolute Gasteiger partial charge is 0.191 e. The molecule has 1 aliphatic carbocycles. The molecule has 0 heterocycles. The molecule has 96 valence electrons. The van der Waals surface area contributed by atoms with E-state index in [4.69, 9.17) is 0 Å². The number of aliphatic imine (C=N–C) groups is 1. The van der Waals surface area contributed by atoms with E-state index in [1.54, 1.807) is 0 Å². The molecule has 0 saturated heterocycles. The lowest BCUT2D eigenvalue weighted by Crippen LogP contribution is -2.41. The highest BCUT2D eigenvalue weighted by atomic mass is 127. The first-order valence-corrected chi connectivity index (χ1v) is 6.27. The van der Waals surface area contributed by atoms with Gasteiger partial charge in [-0.25, -0.2) is 0 Å². The van der Waals surface area contributed by atoms with Gasteiger partial charge >= 0.3 is 0 Å². The minimum atomic E-state index is 0. The van der Waals surface area contributed by atoms with Crippen molar-refractivity contribution in [3.63, 3.8) is 0 Å². The molecular formula is C12H26IN3. The number of hydrogen-bond donors (Lipinski definition) is 2. The second kappa shape index (κ2) is 9.07. The van der Waals surface area contributed by atoms with Crippen LogP contribution in [0.2, 0.25) is 0 Å². The molecule has 0 aromatic heterocycles. The predicted octanol–water partition coefficient (Wildman–Crippen LogP) is 2.76. The van der Waals surface area contributed by atoms with Gasteiger partial charge in [0.25, 0.3) is 0 Å². The van der Waals surface area contributed by atoms with E-state index in [9.17, 15) is 0 Å². The summed E-state index contributed by atoms with van der Waals surface area (Å²) in [6.07, 6.45) is 5.51. The average molecular weight is 339 g/mol. The summed E-state index contributed by atoms with van der Waals surface area (Å²) in [7, 11) is 0. The molecule has 0 bridgehead atoms. The molecule has 0 spiro atoms. The van der Waals surface area contributed by atoms with Crippen LogP contribution in [0.5, 0.6) is 0 Å². The van der Waals surface area contributed by atoms with Crippen LogP contribution in [0.4, 0.5) is 0 Å². The van der Waals surface area contributed by atoms with Crippen LogP contribution in [-0.2, 0) is 0 Å². The zero-order valence-corrected chi connectivity index (χ0v) is 13.1. The fraction of sp³-hybridized carbons (Fsp3) is 0.917. The van der Waals surface area contributed by atoms with Crippen LogP contribution in [0, 0.1) is 5.92 Å². The Morgan fingerprint density at radius 2 is 2.06 bits per heavy atom. The highest BCUT2D eigenvalue weighted by Gasteiger charge is 2.19. The molecule has 1 rings (SSSR count). The Kier molecular flexibility index (Phi) is 9.07.